The first-order chi connectivity index (χ1) is 9.04. The molecular weight excluding hydrogens is 244 g/mol. The van der Waals surface area contributed by atoms with Crippen LogP contribution in [0, 0.1) is 0 Å². The number of aromatic nitrogens is 3. The van der Waals surface area contributed by atoms with Gasteiger partial charge in [-0.05, 0) is 33.7 Å². The summed E-state index contributed by atoms with van der Waals surface area (Å²) in [5, 5.41) is 11.6. The van der Waals surface area contributed by atoms with Crippen molar-refractivity contribution in [2.75, 3.05) is 33.5 Å². The Labute approximate surface area is 115 Å². The molecule has 0 unspecified atom stereocenters. The first kappa shape index (κ1) is 16.1. The third kappa shape index (κ3) is 6.66. The number of hydrogen-bond acceptors (Lipinski definition) is 5. The van der Waals surface area contributed by atoms with Crippen LogP contribution in [0.1, 0.15) is 32.9 Å². The van der Waals surface area contributed by atoms with Gasteiger partial charge in [0.1, 0.15) is 0 Å². The molecule has 0 aliphatic rings. The van der Waals surface area contributed by atoms with Crippen molar-refractivity contribution in [3.05, 3.63) is 11.9 Å². The van der Waals surface area contributed by atoms with Gasteiger partial charge in [0.2, 0.25) is 0 Å². The highest BCUT2D eigenvalue weighted by atomic mass is 16.5. The Balaban J connectivity index is 2.08. The van der Waals surface area contributed by atoms with Gasteiger partial charge < -0.3 is 14.8 Å². The summed E-state index contributed by atoms with van der Waals surface area (Å²) < 4.78 is 12.2. The summed E-state index contributed by atoms with van der Waals surface area (Å²) in [6.07, 6.45) is 2.97. The summed E-state index contributed by atoms with van der Waals surface area (Å²) in [6.45, 7) is 10.1. The van der Waals surface area contributed by atoms with Gasteiger partial charge in [-0.3, -0.25) is 0 Å². The van der Waals surface area contributed by atoms with E-state index in [-0.39, 0.29) is 5.54 Å². The van der Waals surface area contributed by atoms with Crippen LogP contribution in [0.15, 0.2) is 6.20 Å². The minimum atomic E-state index is -0.0135. The van der Waals surface area contributed by atoms with E-state index in [9.17, 15) is 0 Å². The number of nitrogens with one attached hydrogen (secondary N) is 1. The van der Waals surface area contributed by atoms with Gasteiger partial charge in [-0.25, -0.2) is 4.68 Å². The second-order valence-electron chi connectivity index (χ2n) is 5.46. The summed E-state index contributed by atoms with van der Waals surface area (Å²) in [6, 6.07) is 0. The summed E-state index contributed by atoms with van der Waals surface area (Å²) in [4.78, 5) is 0. The normalized spacial score (nSPS) is 12.0. The zero-order valence-corrected chi connectivity index (χ0v) is 12.5. The van der Waals surface area contributed by atoms with E-state index in [4.69, 9.17) is 9.47 Å². The van der Waals surface area contributed by atoms with Crippen molar-refractivity contribution in [1.82, 2.24) is 20.3 Å². The fourth-order valence-electron chi connectivity index (χ4n) is 1.47. The van der Waals surface area contributed by atoms with Crippen molar-refractivity contribution < 1.29 is 9.47 Å². The lowest BCUT2D eigenvalue weighted by atomic mass is 10.1. The summed E-state index contributed by atoms with van der Waals surface area (Å²) >= 11 is 0. The summed E-state index contributed by atoms with van der Waals surface area (Å²) in [5.74, 6) is 0. The minimum absolute atomic E-state index is 0.0135. The average Bonchev–Trinajstić information content (AvgIpc) is 2.81. The largest absolute Gasteiger partial charge is 0.382 e. The molecule has 1 aromatic heterocycles. The Hall–Kier alpha value is -0.980. The molecular formula is C13H26N4O2. The molecule has 6 nitrogen and oxygen atoms in total. The molecule has 0 amide bonds. The Morgan fingerprint density at radius 1 is 1.26 bits per heavy atom. The molecule has 1 rings (SSSR count). The first-order valence-corrected chi connectivity index (χ1v) is 6.73. The third-order valence-corrected chi connectivity index (χ3v) is 2.61. The highest BCUT2D eigenvalue weighted by molar-refractivity contribution is 4.93. The van der Waals surface area contributed by atoms with Crippen molar-refractivity contribution in [1.29, 1.82) is 0 Å². The first-order valence-electron chi connectivity index (χ1n) is 6.73. The number of ether oxygens (including phenoxy) is 2. The minimum Gasteiger partial charge on any atom is -0.382 e. The Morgan fingerprint density at radius 3 is 2.68 bits per heavy atom. The van der Waals surface area contributed by atoms with Crippen molar-refractivity contribution in [2.24, 2.45) is 0 Å². The van der Waals surface area contributed by atoms with Gasteiger partial charge in [-0.2, -0.15) is 0 Å². The van der Waals surface area contributed by atoms with Crippen LogP contribution >= 0.6 is 0 Å². The molecule has 0 radical (unpaired) electrons. The molecule has 0 bridgehead atoms. The van der Waals surface area contributed by atoms with E-state index < -0.39 is 0 Å². The van der Waals surface area contributed by atoms with Crippen LogP contribution in [0.3, 0.4) is 0 Å². The average molecular weight is 270 g/mol. The number of hydrogen-bond donors (Lipinski definition) is 1. The van der Waals surface area contributed by atoms with Crippen LogP contribution < -0.4 is 5.32 Å². The summed E-state index contributed by atoms with van der Waals surface area (Å²) in [5.41, 5.74) is 0.954. The number of methoxy groups -OCH3 is 1. The molecule has 6 heteroatoms. The Morgan fingerprint density at radius 2 is 2.05 bits per heavy atom. The van der Waals surface area contributed by atoms with Crippen molar-refractivity contribution in [2.45, 2.75) is 39.3 Å². The van der Waals surface area contributed by atoms with E-state index in [1.165, 1.54) is 0 Å². The molecule has 0 aliphatic carbocycles. The van der Waals surface area contributed by atoms with Crippen LogP contribution in [0.4, 0.5) is 0 Å². The number of nitrogens with zero attached hydrogens (tertiary/aromatic N) is 3. The van der Waals surface area contributed by atoms with Crippen molar-refractivity contribution in [3.63, 3.8) is 0 Å². The molecule has 0 aliphatic heterocycles. The zero-order chi connectivity index (χ0) is 14.1. The fraction of sp³-hybridized carbons (Fsp3) is 0.846. The highest BCUT2D eigenvalue weighted by Crippen LogP contribution is 2.11. The van der Waals surface area contributed by atoms with Gasteiger partial charge in [-0.1, -0.05) is 5.21 Å². The van der Waals surface area contributed by atoms with E-state index >= 15 is 0 Å². The van der Waals surface area contributed by atoms with Crippen LogP contribution in [0.25, 0.3) is 0 Å². The van der Waals surface area contributed by atoms with Crippen molar-refractivity contribution in [3.8, 4) is 0 Å². The lowest BCUT2D eigenvalue weighted by Gasteiger charge is -2.17. The molecule has 1 aromatic rings. The molecule has 0 fully saturated rings. The number of rotatable bonds is 9. The monoisotopic (exact) mass is 270 g/mol. The highest BCUT2D eigenvalue weighted by Gasteiger charge is 2.14. The second-order valence-corrected chi connectivity index (χ2v) is 5.46. The molecule has 19 heavy (non-hydrogen) atoms. The molecule has 0 spiro atoms. The molecule has 0 aromatic carbocycles. The molecule has 1 heterocycles. The van der Waals surface area contributed by atoms with Gasteiger partial charge >= 0.3 is 0 Å². The standard InChI is InChI=1S/C13H26N4O2/c1-13(2,3)17-11-12(15-16-17)10-14-6-5-7-19-9-8-18-4/h11,14H,5-10H2,1-4H3. The summed E-state index contributed by atoms with van der Waals surface area (Å²) in [7, 11) is 1.68. The third-order valence-electron chi connectivity index (χ3n) is 2.61. The second kappa shape index (κ2) is 8.24. The molecule has 0 atom stereocenters. The predicted molar refractivity (Wildman–Crippen MR) is 74.0 cm³/mol. The topological polar surface area (TPSA) is 61.2 Å². The van der Waals surface area contributed by atoms with E-state index in [1.54, 1.807) is 7.11 Å². The van der Waals surface area contributed by atoms with E-state index in [0.29, 0.717) is 13.2 Å². The van der Waals surface area contributed by atoms with Crippen LogP contribution in [0.2, 0.25) is 0 Å². The van der Waals surface area contributed by atoms with Crippen LogP contribution in [-0.2, 0) is 21.6 Å². The zero-order valence-electron chi connectivity index (χ0n) is 12.5. The van der Waals surface area contributed by atoms with E-state index in [2.05, 4.69) is 36.4 Å². The maximum absolute atomic E-state index is 5.38. The molecule has 110 valence electrons. The fourth-order valence-corrected chi connectivity index (χ4v) is 1.47. The smallest absolute Gasteiger partial charge is 0.0965 e. The van der Waals surface area contributed by atoms with Crippen LogP contribution in [0.5, 0.6) is 0 Å². The quantitative estimate of drug-likeness (QED) is 0.683. The lowest BCUT2D eigenvalue weighted by molar-refractivity contribution is 0.0694. The van der Waals surface area contributed by atoms with E-state index in [1.807, 2.05) is 10.9 Å². The molecule has 1 N–H and O–H groups in total. The predicted octanol–water partition coefficient (Wildman–Crippen LogP) is 1.18. The van der Waals surface area contributed by atoms with Gasteiger partial charge in [0.05, 0.1) is 30.6 Å². The maximum Gasteiger partial charge on any atom is 0.0965 e. The Kier molecular flexibility index (Phi) is 6.97. The maximum atomic E-state index is 5.38. The molecule has 0 saturated carbocycles. The Bertz CT molecular complexity index is 347. The van der Waals surface area contributed by atoms with Crippen LogP contribution in [-0.4, -0.2) is 48.5 Å². The SMILES string of the molecule is COCCOCCCNCc1cn(C(C)(C)C)nn1. The lowest BCUT2D eigenvalue weighted by Crippen LogP contribution is -2.22. The van der Waals surface area contributed by atoms with Crippen molar-refractivity contribution >= 4 is 0 Å². The van der Waals surface area contributed by atoms with Gasteiger partial charge in [0.25, 0.3) is 0 Å². The van der Waals surface area contributed by atoms with Gasteiger partial charge in [0.15, 0.2) is 0 Å². The molecule has 0 saturated heterocycles. The van der Waals surface area contributed by atoms with Gasteiger partial charge in [-0.15, -0.1) is 5.10 Å². The van der Waals surface area contributed by atoms with E-state index in [0.717, 1.165) is 31.8 Å². The van der Waals surface area contributed by atoms with Gasteiger partial charge in [0, 0.05) is 20.3 Å².